The highest BCUT2D eigenvalue weighted by Crippen LogP contribution is 2.32. The first-order valence-electron chi connectivity index (χ1n) is 8.99. The molecule has 1 atom stereocenters. The summed E-state index contributed by atoms with van der Waals surface area (Å²) < 4.78 is 0. The van der Waals surface area contributed by atoms with E-state index in [1.165, 1.54) is 28.5 Å². The number of thiazole rings is 1. The molecule has 0 bridgehead atoms. The second kappa shape index (κ2) is 7.91. The number of aromatic nitrogens is 1. The average Bonchev–Trinajstić information content (AvgIpc) is 3.32. The summed E-state index contributed by atoms with van der Waals surface area (Å²) in [5, 5.41) is 26.9. The van der Waals surface area contributed by atoms with E-state index >= 15 is 0 Å². The van der Waals surface area contributed by atoms with E-state index in [0.29, 0.717) is 27.8 Å². The number of anilines is 1. The smallest absolute Gasteiger partial charge is 0.269 e. The molecule has 3 aromatic rings. The van der Waals surface area contributed by atoms with Crippen molar-refractivity contribution < 1.29 is 9.72 Å². The molecule has 0 spiro atoms. The molecule has 0 saturated carbocycles. The Morgan fingerprint density at radius 3 is 2.73 bits per heavy atom. The molecule has 1 aliphatic heterocycles. The zero-order valence-electron chi connectivity index (χ0n) is 16.1. The van der Waals surface area contributed by atoms with Gasteiger partial charge in [0.25, 0.3) is 11.6 Å². The highest BCUT2D eigenvalue weighted by atomic mass is 32.1. The molecule has 0 fully saturated rings. The Morgan fingerprint density at radius 2 is 1.97 bits per heavy atom. The minimum atomic E-state index is -0.810. The van der Waals surface area contributed by atoms with Crippen LogP contribution in [0.1, 0.15) is 12.5 Å². The molecule has 30 heavy (non-hydrogen) atoms. The molecule has 0 aliphatic carbocycles. The summed E-state index contributed by atoms with van der Waals surface area (Å²) in [7, 11) is 0. The number of carbonyl (C=O) groups is 1. The number of nitrogens with zero attached hydrogens (tertiary/aromatic N) is 6. The number of rotatable bonds is 5. The molecule has 2 heterocycles. The number of hydrogen-bond donors (Lipinski definition) is 0. The lowest BCUT2D eigenvalue weighted by molar-refractivity contribution is -0.384. The number of hydrogen-bond acceptors (Lipinski definition) is 8. The number of benzene rings is 2. The maximum atomic E-state index is 12.8. The standard InChI is InChI=1S/C20H16N6O3S/c1-12-5-3-7-15(9-12)22-23-18-13(2)24-25(19(18)27)20-21-17(11-30-20)14-6-4-8-16(10-14)26(28)29/h3-11,18H,1-2H3/t18-/m1/s1. The Hall–Kier alpha value is -3.79. The van der Waals surface area contributed by atoms with Crippen molar-refractivity contribution in [3.8, 4) is 11.3 Å². The molecule has 1 aromatic heterocycles. The van der Waals surface area contributed by atoms with Crippen LogP contribution >= 0.6 is 11.3 Å². The minimum Gasteiger partial charge on any atom is -0.269 e. The molecule has 0 radical (unpaired) electrons. The van der Waals surface area contributed by atoms with Crippen molar-refractivity contribution in [1.29, 1.82) is 0 Å². The van der Waals surface area contributed by atoms with Crippen molar-refractivity contribution in [1.82, 2.24) is 4.98 Å². The van der Waals surface area contributed by atoms with Crippen molar-refractivity contribution in [3.63, 3.8) is 0 Å². The highest BCUT2D eigenvalue weighted by molar-refractivity contribution is 7.14. The number of azo groups is 1. The number of carbonyl (C=O) groups excluding carboxylic acids is 1. The summed E-state index contributed by atoms with van der Waals surface area (Å²) >= 11 is 1.22. The molecular weight excluding hydrogens is 404 g/mol. The summed E-state index contributed by atoms with van der Waals surface area (Å²) in [6, 6.07) is 12.9. The number of hydrazone groups is 1. The van der Waals surface area contributed by atoms with Crippen molar-refractivity contribution in [2.45, 2.75) is 19.9 Å². The monoisotopic (exact) mass is 420 g/mol. The Labute approximate surface area is 175 Å². The topological polar surface area (TPSA) is 113 Å². The number of amides is 1. The molecule has 4 rings (SSSR count). The van der Waals surface area contributed by atoms with Crippen LogP contribution in [0.25, 0.3) is 11.3 Å². The van der Waals surface area contributed by atoms with Gasteiger partial charge in [0.05, 0.1) is 22.0 Å². The van der Waals surface area contributed by atoms with Crippen LogP contribution in [0.2, 0.25) is 0 Å². The SMILES string of the molecule is CC1=NN(c2nc(-c3cccc([N+](=O)[O-])c3)cs2)C(=O)[C@@H]1N=Nc1cccc(C)c1. The second-order valence-electron chi connectivity index (χ2n) is 6.67. The van der Waals surface area contributed by atoms with Gasteiger partial charge in [-0.25, -0.2) is 4.98 Å². The molecular formula is C20H16N6O3S. The third-order valence-corrected chi connectivity index (χ3v) is 5.23. The van der Waals surface area contributed by atoms with Gasteiger partial charge in [-0.3, -0.25) is 14.9 Å². The van der Waals surface area contributed by atoms with Crippen molar-refractivity contribution in [2.75, 3.05) is 5.01 Å². The van der Waals surface area contributed by atoms with Gasteiger partial charge in [0, 0.05) is 23.1 Å². The van der Waals surface area contributed by atoms with Crippen LogP contribution in [-0.4, -0.2) is 27.6 Å². The lowest BCUT2D eigenvalue weighted by Crippen LogP contribution is -2.29. The second-order valence-corrected chi connectivity index (χ2v) is 7.51. The third kappa shape index (κ3) is 3.85. The quantitative estimate of drug-likeness (QED) is 0.332. The van der Waals surface area contributed by atoms with Crippen LogP contribution in [0.5, 0.6) is 0 Å². The maximum Gasteiger partial charge on any atom is 0.282 e. The molecule has 0 N–H and O–H groups in total. The minimum absolute atomic E-state index is 0.0233. The van der Waals surface area contributed by atoms with Gasteiger partial charge in [0.1, 0.15) is 0 Å². The first kappa shape index (κ1) is 19.5. The van der Waals surface area contributed by atoms with Gasteiger partial charge >= 0.3 is 0 Å². The van der Waals surface area contributed by atoms with E-state index in [1.54, 1.807) is 24.4 Å². The van der Waals surface area contributed by atoms with Crippen LogP contribution in [0.15, 0.2) is 69.2 Å². The van der Waals surface area contributed by atoms with Crippen LogP contribution in [0.4, 0.5) is 16.5 Å². The predicted molar refractivity (Wildman–Crippen MR) is 114 cm³/mol. The van der Waals surface area contributed by atoms with Gasteiger partial charge < -0.3 is 0 Å². The van der Waals surface area contributed by atoms with E-state index in [2.05, 4.69) is 20.3 Å². The number of nitro groups is 1. The Morgan fingerprint density at radius 1 is 1.17 bits per heavy atom. The number of nitro benzene ring substituents is 1. The van der Waals surface area contributed by atoms with Gasteiger partial charge in [0.2, 0.25) is 5.13 Å². The molecule has 150 valence electrons. The fraction of sp³-hybridized carbons (Fsp3) is 0.150. The van der Waals surface area contributed by atoms with E-state index in [1.807, 2.05) is 31.2 Å². The van der Waals surface area contributed by atoms with E-state index < -0.39 is 11.0 Å². The average molecular weight is 420 g/mol. The van der Waals surface area contributed by atoms with Crippen molar-refractivity contribution in [3.05, 3.63) is 69.6 Å². The highest BCUT2D eigenvalue weighted by Gasteiger charge is 2.36. The molecule has 10 heteroatoms. The van der Waals surface area contributed by atoms with E-state index in [0.717, 1.165) is 5.56 Å². The molecule has 0 saturated heterocycles. The van der Waals surface area contributed by atoms with Crippen LogP contribution in [0.3, 0.4) is 0 Å². The van der Waals surface area contributed by atoms with Gasteiger partial charge in [-0.15, -0.1) is 11.3 Å². The van der Waals surface area contributed by atoms with E-state index in [9.17, 15) is 14.9 Å². The molecule has 1 amide bonds. The largest absolute Gasteiger partial charge is 0.282 e. The van der Waals surface area contributed by atoms with Gasteiger partial charge in [0.15, 0.2) is 6.04 Å². The van der Waals surface area contributed by atoms with Gasteiger partial charge in [-0.05, 0) is 31.5 Å². The van der Waals surface area contributed by atoms with Crippen molar-refractivity contribution >= 4 is 39.5 Å². The molecule has 1 aliphatic rings. The Balaban J connectivity index is 1.55. The van der Waals surface area contributed by atoms with E-state index in [4.69, 9.17) is 0 Å². The Bertz CT molecular complexity index is 1200. The number of aryl methyl sites for hydroxylation is 1. The fourth-order valence-electron chi connectivity index (χ4n) is 2.91. The lowest BCUT2D eigenvalue weighted by Gasteiger charge is -2.08. The zero-order valence-corrected chi connectivity index (χ0v) is 16.9. The maximum absolute atomic E-state index is 12.8. The van der Waals surface area contributed by atoms with Crippen molar-refractivity contribution in [2.24, 2.45) is 15.3 Å². The lowest BCUT2D eigenvalue weighted by atomic mass is 10.1. The summed E-state index contributed by atoms with van der Waals surface area (Å²) in [6.45, 7) is 3.67. The summed E-state index contributed by atoms with van der Waals surface area (Å²) in [5.74, 6) is -0.344. The first-order valence-corrected chi connectivity index (χ1v) is 9.87. The van der Waals surface area contributed by atoms with Crippen LogP contribution in [-0.2, 0) is 4.79 Å². The summed E-state index contributed by atoms with van der Waals surface area (Å²) in [5.41, 5.74) is 3.33. The first-order chi connectivity index (χ1) is 14.4. The predicted octanol–water partition coefficient (Wildman–Crippen LogP) is 4.90. The Kier molecular flexibility index (Phi) is 5.15. The van der Waals surface area contributed by atoms with Crippen LogP contribution in [0, 0.1) is 17.0 Å². The molecule has 9 nitrogen and oxygen atoms in total. The van der Waals surface area contributed by atoms with Gasteiger partial charge in [-0.1, -0.05) is 24.3 Å². The van der Waals surface area contributed by atoms with Gasteiger partial charge in [-0.2, -0.15) is 20.3 Å². The molecule has 2 aromatic carbocycles. The van der Waals surface area contributed by atoms with E-state index in [-0.39, 0.29) is 11.6 Å². The fourth-order valence-corrected chi connectivity index (χ4v) is 3.70. The number of non-ortho nitro benzene ring substituents is 1. The third-order valence-electron chi connectivity index (χ3n) is 4.41. The zero-order chi connectivity index (χ0) is 21.3. The molecule has 0 unspecified atom stereocenters. The normalized spacial score (nSPS) is 16.3. The van der Waals surface area contributed by atoms with Crippen LogP contribution < -0.4 is 5.01 Å². The summed E-state index contributed by atoms with van der Waals surface area (Å²) in [6.07, 6.45) is 0. The summed E-state index contributed by atoms with van der Waals surface area (Å²) in [4.78, 5) is 27.8.